The second-order valence-electron chi connectivity index (χ2n) is 5.33. The third-order valence-corrected chi connectivity index (χ3v) is 6.27. The van der Waals surface area contributed by atoms with E-state index >= 15 is 0 Å². The first-order valence-electron chi connectivity index (χ1n) is 7.38. The minimum Gasteiger partial charge on any atom is -0.353 e. The van der Waals surface area contributed by atoms with Gasteiger partial charge >= 0.3 is 0 Å². The van der Waals surface area contributed by atoms with Gasteiger partial charge in [-0.15, -0.1) is 0 Å². The molecule has 124 valence electrons. The molecule has 1 aromatic heterocycles. The number of aromatic nitrogens is 1. The molecule has 2 heterocycles. The quantitative estimate of drug-likeness (QED) is 0.780. The number of nitrogens with zero attached hydrogens (tertiary/aromatic N) is 4. The van der Waals surface area contributed by atoms with Gasteiger partial charge in [0, 0.05) is 36.8 Å². The van der Waals surface area contributed by atoms with Gasteiger partial charge in [-0.1, -0.05) is 22.0 Å². The van der Waals surface area contributed by atoms with Gasteiger partial charge < -0.3 is 4.90 Å². The zero-order valence-corrected chi connectivity index (χ0v) is 15.2. The zero-order chi connectivity index (χ0) is 17.2. The number of benzene rings is 1. The third kappa shape index (κ3) is 3.29. The predicted octanol–water partition coefficient (Wildman–Crippen LogP) is 2.23. The Morgan fingerprint density at radius 3 is 2.54 bits per heavy atom. The van der Waals surface area contributed by atoms with E-state index in [1.807, 2.05) is 4.90 Å². The Balaban J connectivity index is 1.77. The molecule has 0 radical (unpaired) electrons. The van der Waals surface area contributed by atoms with Crippen LogP contribution in [0.2, 0.25) is 0 Å². The molecule has 0 amide bonds. The van der Waals surface area contributed by atoms with Crippen molar-refractivity contribution in [2.45, 2.75) is 4.90 Å². The van der Waals surface area contributed by atoms with Gasteiger partial charge in [0.15, 0.2) is 0 Å². The molecule has 0 spiro atoms. The van der Waals surface area contributed by atoms with E-state index in [0.717, 1.165) is 4.47 Å². The second-order valence-corrected chi connectivity index (χ2v) is 8.19. The Morgan fingerprint density at radius 1 is 1.12 bits per heavy atom. The highest BCUT2D eigenvalue weighted by Gasteiger charge is 2.29. The highest BCUT2D eigenvalue weighted by molar-refractivity contribution is 9.10. The molecule has 1 fully saturated rings. The van der Waals surface area contributed by atoms with Gasteiger partial charge in [0.05, 0.1) is 10.5 Å². The van der Waals surface area contributed by atoms with Crippen LogP contribution in [0.15, 0.2) is 52.0 Å². The van der Waals surface area contributed by atoms with Gasteiger partial charge in [-0.2, -0.15) is 9.57 Å². The molecule has 2 aromatic rings. The fourth-order valence-corrected chi connectivity index (χ4v) is 4.67. The second kappa shape index (κ2) is 6.89. The molecule has 1 saturated heterocycles. The zero-order valence-electron chi connectivity index (χ0n) is 12.8. The summed E-state index contributed by atoms with van der Waals surface area (Å²) in [5.74, 6) is 0.611. The van der Waals surface area contributed by atoms with E-state index < -0.39 is 10.0 Å². The molecule has 1 aliphatic heterocycles. The van der Waals surface area contributed by atoms with E-state index in [-0.39, 0.29) is 4.90 Å². The predicted molar refractivity (Wildman–Crippen MR) is 94.1 cm³/mol. The van der Waals surface area contributed by atoms with Gasteiger partial charge in [-0.05, 0) is 30.3 Å². The molecule has 24 heavy (non-hydrogen) atoms. The van der Waals surface area contributed by atoms with E-state index in [1.165, 1.54) is 4.31 Å². The molecule has 0 N–H and O–H groups in total. The van der Waals surface area contributed by atoms with Crippen molar-refractivity contribution in [2.24, 2.45) is 0 Å². The number of hydrogen-bond donors (Lipinski definition) is 0. The summed E-state index contributed by atoms with van der Waals surface area (Å²) >= 11 is 3.30. The minimum absolute atomic E-state index is 0.279. The summed E-state index contributed by atoms with van der Waals surface area (Å²) in [6.07, 6.45) is 1.64. The van der Waals surface area contributed by atoms with Crippen molar-refractivity contribution in [1.82, 2.24) is 9.29 Å². The average molecular weight is 407 g/mol. The number of pyridine rings is 1. The van der Waals surface area contributed by atoms with Crippen LogP contribution in [0.3, 0.4) is 0 Å². The smallest absolute Gasteiger partial charge is 0.243 e. The fraction of sp³-hybridized carbons (Fsp3) is 0.250. The van der Waals surface area contributed by atoms with Crippen LogP contribution in [0.25, 0.3) is 0 Å². The Labute approximate surface area is 149 Å². The SMILES string of the molecule is N#Cc1cccnc1N1CCN(S(=O)(=O)c2cccc(Br)c2)CC1. The maximum atomic E-state index is 12.7. The molecule has 1 aliphatic rings. The lowest BCUT2D eigenvalue weighted by atomic mass is 10.2. The molecule has 0 atom stereocenters. The lowest BCUT2D eigenvalue weighted by Crippen LogP contribution is -2.49. The van der Waals surface area contributed by atoms with Crippen molar-refractivity contribution >= 4 is 31.8 Å². The van der Waals surface area contributed by atoms with Crippen LogP contribution >= 0.6 is 15.9 Å². The van der Waals surface area contributed by atoms with Gasteiger partial charge in [-0.25, -0.2) is 13.4 Å². The molecule has 0 unspecified atom stereocenters. The van der Waals surface area contributed by atoms with Crippen molar-refractivity contribution in [3.05, 3.63) is 52.6 Å². The molecule has 0 aliphatic carbocycles. The molecule has 3 rings (SSSR count). The van der Waals surface area contributed by atoms with Crippen LogP contribution in [-0.4, -0.2) is 43.9 Å². The first kappa shape index (κ1) is 16.9. The summed E-state index contributed by atoms with van der Waals surface area (Å²) in [6.45, 7) is 1.71. The van der Waals surface area contributed by atoms with Crippen LogP contribution in [0.4, 0.5) is 5.82 Å². The maximum Gasteiger partial charge on any atom is 0.243 e. The largest absolute Gasteiger partial charge is 0.353 e. The van der Waals surface area contributed by atoms with Gasteiger partial charge in [-0.3, -0.25) is 0 Å². The third-order valence-electron chi connectivity index (χ3n) is 3.88. The highest BCUT2D eigenvalue weighted by Crippen LogP contribution is 2.23. The van der Waals surface area contributed by atoms with Crippen molar-refractivity contribution in [3.8, 4) is 6.07 Å². The summed E-state index contributed by atoms with van der Waals surface area (Å²) < 4.78 is 27.7. The van der Waals surface area contributed by atoms with Crippen LogP contribution in [-0.2, 0) is 10.0 Å². The van der Waals surface area contributed by atoms with Crippen LogP contribution in [0.5, 0.6) is 0 Å². The standard InChI is InChI=1S/C16H15BrN4O2S/c17-14-4-1-5-15(11-14)24(22,23)21-9-7-20(8-10-21)16-13(12-18)3-2-6-19-16/h1-6,11H,7-10H2. The summed E-state index contributed by atoms with van der Waals surface area (Å²) in [4.78, 5) is 6.49. The molecule has 6 nitrogen and oxygen atoms in total. The molecule has 0 saturated carbocycles. The summed E-state index contributed by atoms with van der Waals surface area (Å²) in [5.41, 5.74) is 0.501. The summed E-state index contributed by atoms with van der Waals surface area (Å²) in [6, 6.07) is 12.3. The van der Waals surface area contributed by atoms with Crippen molar-refractivity contribution in [2.75, 3.05) is 31.1 Å². The first-order chi connectivity index (χ1) is 11.5. The monoisotopic (exact) mass is 406 g/mol. The fourth-order valence-electron chi connectivity index (χ4n) is 2.65. The Kier molecular flexibility index (Phi) is 4.85. The van der Waals surface area contributed by atoms with E-state index in [1.54, 1.807) is 42.6 Å². The number of hydrogen-bond acceptors (Lipinski definition) is 5. The van der Waals surface area contributed by atoms with Crippen molar-refractivity contribution in [3.63, 3.8) is 0 Å². The van der Waals surface area contributed by atoms with E-state index in [4.69, 9.17) is 0 Å². The Hall–Kier alpha value is -1.95. The average Bonchev–Trinajstić information content (AvgIpc) is 2.62. The lowest BCUT2D eigenvalue weighted by molar-refractivity contribution is 0.383. The molecular formula is C16H15BrN4O2S. The van der Waals surface area contributed by atoms with Crippen molar-refractivity contribution < 1.29 is 8.42 Å². The van der Waals surface area contributed by atoms with Gasteiger partial charge in [0.1, 0.15) is 11.9 Å². The van der Waals surface area contributed by atoms with E-state index in [2.05, 4.69) is 27.0 Å². The number of halogens is 1. The molecular weight excluding hydrogens is 392 g/mol. The Morgan fingerprint density at radius 2 is 1.88 bits per heavy atom. The van der Waals surface area contributed by atoms with Gasteiger partial charge in [0.2, 0.25) is 10.0 Å². The number of sulfonamides is 1. The lowest BCUT2D eigenvalue weighted by Gasteiger charge is -2.35. The number of piperazine rings is 1. The van der Waals surface area contributed by atoms with Crippen LogP contribution < -0.4 is 4.90 Å². The molecule has 1 aromatic carbocycles. The summed E-state index contributed by atoms with van der Waals surface area (Å²) in [5, 5.41) is 9.18. The van der Waals surface area contributed by atoms with Gasteiger partial charge in [0.25, 0.3) is 0 Å². The maximum absolute atomic E-state index is 12.7. The number of rotatable bonds is 3. The Bertz CT molecular complexity index is 887. The summed E-state index contributed by atoms with van der Waals surface area (Å²) in [7, 11) is -3.51. The highest BCUT2D eigenvalue weighted by atomic mass is 79.9. The first-order valence-corrected chi connectivity index (χ1v) is 9.61. The normalized spacial score (nSPS) is 15.9. The molecule has 8 heteroatoms. The number of nitriles is 1. The van der Waals surface area contributed by atoms with E-state index in [9.17, 15) is 13.7 Å². The number of anilines is 1. The van der Waals surface area contributed by atoms with Crippen LogP contribution in [0.1, 0.15) is 5.56 Å². The minimum atomic E-state index is -3.51. The van der Waals surface area contributed by atoms with Crippen molar-refractivity contribution in [1.29, 1.82) is 5.26 Å². The topological polar surface area (TPSA) is 77.3 Å². The molecule has 0 bridgehead atoms. The van der Waals surface area contributed by atoms with E-state index in [0.29, 0.717) is 37.6 Å². The van der Waals surface area contributed by atoms with Crippen LogP contribution in [0, 0.1) is 11.3 Å².